The van der Waals surface area contributed by atoms with Gasteiger partial charge in [0.25, 0.3) is 0 Å². The number of hydrogen-bond donors (Lipinski definition) is 1. The summed E-state index contributed by atoms with van der Waals surface area (Å²) in [6, 6.07) is 10.1. The Labute approximate surface area is 145 Å². The van der Waals surface area contributed by atoms with Gasteiger partial charge in [0.05, 0.1) is 6.04 Å². The maximum Gasteiger partial charge on any atom is 0.238 e. The quantitative estimate of drug-likeness (QED) is 0.887. The largest absolute Gasteiger partial charge is 0.344 e. The van der Waals surface area contributed by atoms with Gasteiger partial charge in [-0.15, -0.1) is 24.8 Å². The topological polar surface area (TPSA) is 49.6 Å². The van der Waals surface area contributed by atoms with Crippen LogP contribution in [0.1, 0.15) is 18.9 Å². The Morgan fingerprint density at radius 3 is 2.59 bits per heavy atom. The van der Waals surface area contributed by atoms with Crippen LogP contribution in [0.4, 0.5) is 0 Å². The van der Waals surface area contributed by atoms with E-state index in [9.17, 15) is 4.79 Å². The summed E-state index contributed by atoms with van der Waals surface area (Å²) >= 11 is 0. The minimum absolute atomic E-state index is 0. The van der Waals surface area contributed by atoms with Gasteiger partial charge in [-0.05, 0) is 31.4 Å². The third-order valence-electron chi connectivity index (χ3n) is 3.92. The number of likely N-dealkylation sites (tertiary alicyclic amines) is 1. The van der Waals surface area contributed by atoms with E-state index < -0.39 is 6.04 Å². The van der Waals surface area contributed by atoms with Crippen molar-refractivity contribution < 1.29 is 4.79 Å². The van der Waals surface area contributed by atoms with E-state index in [-0.39, 0.29) is 30.7 Å². The normalized spacial score (nSPS) is 19.0. The Bertz CT molecular complexity index is 442. The zero-order valence-electron chi connectivity index (χ0n) is 13.3. The monoisotopic (exact) mass is 347 g/mol. The average molecular weight is 348 g/mol. The molecule has 0 aromatic heterocycles. The Hall–Kier alpha value is -0.810. The molecule has 1 aliphatic heterocycles. The third kappa shape index (κ3) is 6.13. The minimum Gasteiger partial charge on any atom is -0.344 e. The molecule has 1 unspecified atom stereocenters. The van der Waals surface area contributed by atoms with Crippen LogP contribution in [0.25, 0.3) is 0 Å². The number of rotatable bonds is 5. The number of halogens is 2. The van der Waals surface area contributed by atoms with Gasteiger partial charge in [0.15, 0.2) is 0 Å². The molecule has 1 heterocycles. The third-order valence-corrected chi connectivity index (χ3v) is 3.92. The highest BCUT2D eigenvalue weighted by Crippen LogP contribution is 2.19. The van der Waals surface area contributed by atoms with Crippen LogP contribution >= 0.6 is 24.8 Å². The van der Waals surface area contributed by atoms with Crippen molar-refractivity contribution in [3.8, 4) is 0 Å². The zero-order valence-corrected chi connectivity index (χ0v) is 14.9. The maximum atomic E-state index is 11.8. The van der Waals surface area contributed by atoms with E-state index in [0.29, 0.717) is 5.92 Å². The average Bonchev–Trinajstić information content (AvgIpc) is 2.86. The Kier molecular flexibility index (Phi) is 9.69. The summed E-state index contributed by atoms with van der Waals surface area (Å²) in [5, 5.41) is 0. The predicted octanol–water partition coefficient (Wildman–Crippen LogP) is 2.16. The van der Waals surface area contributed by atoms with Crippen molar-refractivity contribution in [3.63, 3.8) is 0 Å². The van der Waals surface area contributed by atoms with Crippen LogP contribution in [0.15, 0.2) is 30.3 Å². The molecule has 6 heteroatoms. The van der Waals surface area contributed by atoms with Crippen molar-refractivity contribution in [1.82, 2.24) is 9.80 Å². The summed E-state index contributed by atoms with van der Waals surface area (Å²) in [4.78, 5) is 16.0. The lowest BCUT2D eigenvalue weighted by molar-refractivity contribution is -0.131. The van der Waals surface area contributed by atoms with Crippen molar-refractivity contribution in [2.75, 3.05) is 26.7 Å². The molecule has 1 amide bonds. The van der Waals surface area contributed by atoms with E-state index in [0.717, 1.165) is 32.6 Å². The predicted molar refractivity (Wildman–Crippen MR) is 95.6 cm³/mol. The van der Waals surface area contributed by atoms with Crippen LogP contribution in [0.2, 0.25) is 0 Å². The van der Waals surface area contributed by atoms with Gasteiger partial charge in [-0.3, -0.25) is 9.69 Å². The van der Waals surface area contributed by atoms with Crippen LogP contribution in [-0.4, -0.2) is 48.4 Å². The highest BCUT2D eigenvalue weighted by Gasteiger charge is 2.25. The number of carbonyl (C=O) groups excluding carboxylic acids is 1. The van der Waals surface area contributed by atoms with Crippen LogP contribution in [0, 0.1) is 5.92 Å². The highest BCUT2D eigenvalue weighted by atomic mass is 35.5. The maximum absolute atomic E-state index is 11.8. The molecule has 126 valence electrons. The Morgan fingerprint density at radius 1 is 1.36 bits per heavy atom. The number of likely N-dealkylation sites (N-methyl/N-ethyl adjacent to an activating group) is 1. The summed E-state index contributed by atoms with van der Waals surface area (Å²) < 4.78 is 0. The lowest BCUT2D eigenvalue weighted by Crippen LogP contribution is -2.42. The van der Waals surface area contributed by atoms with E-state index in [2.05, 4.69) is 29.2 Å². The van der Waals surface area contributed by atoms with E-state index in [1.165, 1.54) is 5.56 Å². The van der Waals surface area contributed by atoms with Gasteiger partial charge in [0.2, 0.25) is 5.91 Å². The van der Waals surface area contributed by atoms with Crippen molar-refractivity contribution in [1.29, 1.82) is 0 Å². The molecule has 1 fully saturated rings. The number of nitrogens with two attached hydrogens (primary N) is 1. The molecule has 0 bridgehead atoms. The van der Waals surface area contributed by atoms with Gasteiger partial charge >= 0.3 is 0 Å². The smallest absolute Gasteiger partial charge is 0.238 e. The van der Waals surface area contributed by atoms with Crippen molar-refractivity contribution in [2.24, 2.45) is 11.7 Å². The van der Waals surface area contributed by atoms with Gasteiger partial charge in [0.1, 0.15) is 0 Å². The molecule has 0 aliphatic carbocycles. The summed E-state index contributed by atoms with van der Waals surface area (Å²) in [5.41, 5.74) is 6.99. The Morgan fingerprint density at radius 2 is 2.00 bits per heavy atom. The molecular formula is C16H27Cl2N3O. The summed E-state index contributed by atoms with van der Waals surface area (Å²) in [7, 11) is 1.85. The van der Waals surface area contributed by atoms with Gasteiger partial charge < -0.3 is 10.6 Å². The summed E-state index contributed by atoms with van der Waals surface area (Å²) in [6.45, 7) is 5.73. The van der Waals surface area contributed by atoms with Gasteiger partial charge in [-0.2, -0.15) is 0 Å². The second-order valence-corrected chi connectivity index (χ2v) is 5.88. The first-order chi connectivity index (χ1) is 9.56. The molecule has 22 heavy (non-hydrogen) atoms. The highest BCUT2D eigenvalue weighted by molar-refractivity contribution is 5.85. The molecular weight excluding hydrogens is 321 g/mol. The van der Waals surface area contributed by atoms with Gasteiger partial charge in [-0.25, -0.2) is 0 Å². The molecule has 2 N–H and O–H groups in total. The lowest BCUT2D eigenvalue weighted by Gasteiger charge is -2.23. The van der Waals surface area contributed by atoms with Crippen molar-refractivity contribution >= 4 is 30.7 Å². The lowest BCUT2D eigenvalue weighted by atomic mass is 10.1. The summed E-state index contributed by atoms with van der Waals surface area (Å²) in [6.07, 6.45) is 1.16. The fourth-order valence-electron chi connectivity index (χ4n) is 2.87. The molecule has 0 radical (unpaired) electrons. The Balaban J connectivity index is 0.00000220. The molecule has 1 saturated heterocycles. The number of nitrogens with zero attached hydrogens (tertiary/aromatic N) is 2. The van der Waals surface area contributed by atoms with Crippen LogP contribution < -0.4 is 5.73 Å². The molecule has 4 nitrogen and oxygen atoms in total. The molecule has 2 rings (SSSR count). The molecule has 1 aromatic rings. The van der Waals surface area contributed by atoms with Crippen molar-refractivity contribution in [2.45, 2.75) is 25.9 Å². The standard InChI is InChI=1S/C16H25N3O.2ClH/c1-13(17)16(20)18(2)10-15-8-9-19(12-15)11-14-6-4-3-5-7-14;;/h3-7,13,15H,8-12,17H2,1-2H3;2*1H/t13-,15?;;/m1../s1. The van der Waals surface area contributed by atoms with Gasteiger partial charge in [-0.1, -0.05) is 30.3 Å². The number of benzene rings is 1. The first-order valence-electron chi connectivity index (χ1n) is 7.33. The first-order valence-corrected chi connectivity index (χ1v) is 7.33. The number of hydrogen-bond acceptors (Lipinski definition) is 3. The van der Waals surface area contributed by atoms with Crippen LogP contribution in [-0.2, 0) is 11.3 Å². The second-order valence-electron chi connectivity index (χ2n) is 5.88. The fourth-order valence-corrected chi connectivity index (χ4v) is 2.87. The minimum atomic E-state index is -0.401. The van der Waals surface area contributed by atoms with Gasteiger partial charge in [0, 0.05) is 26.7 Å². The van der Waals surface area contributed by atoms with Crippen LogP contribution in [0.3, 0.4) is 0 Å². The van der Waals surface area contributed by atoms with Crippen molar-refractivity contribution in [3.05, 3.63) is 35.9 Å². The molecule has 0 saturated carbocycles. The van der Waals surface area contributed by atoms with E-state index >= 15 is 0 Å². The van der Waals surface area contributed by atoms with E-state index in [1.54, 1.807) is 11.8 Å². The number of carbonyl (C=O) groups is 1. The number of amides is 1. The molecule has 2 atom stereocenters. The molecule has 1 aliphatic rings. The van der Waals surface area contributed by atoms with Crippen LogP contribution in [0.5, 0.6) is 0 Å². The first kappa shape index (κ1) is 21.2. The fraction of sp³-hybridized carbons (Fsp3) is 0.562. The second kappa shape index (κ2) is 10.1. The molecule has 0 spiro atoms. The van der Waals surface area contributed by atoms with E-state index in [4.69, 9.17) is 5.73 Å². The SMILES string of the molecule is C[C@@H](N)C(=O)N(C)CC1CCN(Cc2ccccc2)C1.Cl.Cl. The summed E-state index contributed by atoms with van der Waals surface area (Å²) in [5.74, 6) is 0.595. The zero-order chi connectivity index (χ0) is 14.5. The molecule has 1 aromatic carbocycles. The van der Waals surface area contributed by atoms with E-state index in [1.807, 2.05) is 13.1 Å².